The number of hydrogen-bond donors (Lipinski definition) is 2. The van der Waals surface area contributed by atoms with Crippen molar-refractivity contribution in [1.29, 1.82) is 0 Å². The predicted molar refractivity (Wildman–Crippen MR) is 133 cm³/mol. The minimum Gasteiger partial charge on any atom is -0.476 e. The van der Waals surface area contributed by atoms with Crippen LogP contribution in [-0.2, 0) is 13.5 Å². The van der Waals surface area contributed by atoms with Gasteiger partial charge in [0.05, 0.1) is 10.7 Å². The molecule has 0 atom stereocenters. The third-order valence-electron chi connectivity index (χ3n) is 5.02. The molecule has 0 unspecified atom stereocenters. The number of halogens is 2. The minimum absolute atomic E-state index is 0.110. The summed E-state index contributed by atoms with van der Waals surface area (Å²) in [6, 6.07) is 5.46. The Kier molecular flexibility index (Phi) is 10.2. The summed E-state index contributed by atoms with van der Waals surface area (Å²) in [4.78, 5) is 30.2. The van der Waals surface area contributed by atoms with Crippen molar-refractivity contribution in [3.05, 3.63) is 62.8 Å². The fourth-order valence-electron chi connectivity index (χ4n) is 3.15. The van der Waals surface area contributed by atoms with Gasteiger partial charge in [0.15, 0.2) is 5.69 Å². The lowest BCUT2D eigenvalue weighted by Crippen LogP contribution is -2.21. The number of rotatable bonds is 8. The van der Waals surface area contributed by atoms with E-state index in [1.165, 1.54) is 60.9 Å². The van der Waals surface area contributed by atoms with E-state index in [-0.39, 0.29) is 11.4 Å². The van der Waals surface area contributed by atoms with Crippen LogP contribution < -0.4 is 5.32 Å². The number of thiazole rings is 1. The van der Waals surface area contributed by atoms with Gasteiger partial charge in [-0.1, -0.05) is 32.4 Å². The van der Waals surface area contributed by atoms with Gasteiger partial charge in [-0.15, -0.1) is 11.3 Å². The summed E-state index contributed by atoms with van der Waals surface area (Å²) in [5.74, 6) is -2.14. The first-order valence-electron chi connectivity index (χ1n) is 10.8. The van der Waals surface area contributed by atoms with E-state index in [0.29, 0.717) is 32.7 Å². The van der Waals surface area contributed by atoms with Gasteiger partial charge in [-0.05, 0) is 50.3 Å². The molecule has 0 aliphatic rings. The van der Waals surface area contributed by atoms with Crippen LogP contribution in [0.2, 0.25) is 5.02 Å². The quantitative estimate of drug-likeness (QED) is 0.449. The number of aromatic nitrogens is 3. The van der Waals surface area contributed by atoms with Gasteiger partial charge in [0.25, 0.3) is 5.91 Å². The van der Waals surface area contributed by atoms with Crippen LogP contribution in [0.5, 0.6) is 0 Å². The molecule has 8 nitrogen and oxygen atoms in total. The second-order valence-electron chi connectivity index (χ2n) is 7.39. The van der Waals surface area contributed by atoms with Gasteiger partial charge in [0.1, 0.15) is 16.5 Å². The number of aryl methyl sites for hydroxylation is 2. The highest BCUT2D eigenvalue weighted by molar-refractivity contribution is 7.16. The normalized spacial score (nSPS) is 10.7. The average Bonchev–Trinajstić information content (AvgIpc) is 3.31. The van der Waals surface area contributed by atoms with Crippen LogP contribution in [0.25, 0.3) is 0 Å². The van der Waals surface area contributed by atoms with Crippen molar-refractivity contribution in [1.82, 2.24) is 19.7 Å². The van der Waals surface area contributed by atoms with E-state index < -0.39 is 17.7 Å². The molecule has 2 N–H and O–H groups in total. The van der Waals surface area contributed by atoms with Gasteiger partial charge in [-0.3, -0.25) is 9.48 Å². The number of hydrogen-bond acceptors (Lipinski definition) is 6. The van der Waals surface area contributed by atoms with Crippen LogP contribution in [0.1, 0.15) is 58.0 Å². The second kappa shape index (κ2) is 12.6. The van der Waals surface area contributed by atoms with E-state index in [1.54, 1.807) is 13.0 Å². The first-order valence-corrected chi connectivity index (χ1v) is 12.0. The second-order valence-corrected chi connectivity index (χ2v) is 8.91. The maximum absolute atomic E-state index is 13.5. The smallest absolute Gasteiger partial charge is 0.356 e. The number of carbonyl (C=O) groups is 2. The lowest BCUT2D eigenvalue weighted by atomic mass is 10.1. The molecule has 3 rings (SSSR count). The molecule has 2 heterocycles. The van der Waals surface area contributed by atoms with Crippen molar-refractivity contribution < 1.29 is 19.1 Å². The molecule has 0 saturated carbocycles. The Hall–Kier alpha value is -2.82. The highest BCUT2D eigenvalue weighted by Gasteiger charge is 2.19. The molecule has 2 aromatic heterocycles. The molecule has 0 saturated heterocycles. The maximum atomic E-state index is 13.5. The van der Waals surface area contributed by atoms with Crippen molar-refractivity contribution >= 4 is 39.8 Å². The van der Waals surface area contributed by atoms with Gasteiger partial charge >= 0.3 is 5.97 Å². The summed E-state index contributed by atoms with van der Waals surface area (Å²) in [6.07, 6.45) is 0.369. The van der Waals surface area contributed by atoms with Crippen LogP contribution in [0.15, 0.2) is 24.3 Å². The zero-order chi connectivity index (χ0) is 25.4. The molecular formula is C23H29ClFN5O3S. The van der Waals surface area contributed by atoms with Crippen molar-refractivity contribution in [3.63, 3.8) is 0 Å². The summed E-state index contributed by atoms with van der Waals surface area (Å²) >= 11 is 7.12. The molecule has 0 fully saturated rings. The zero-order valence-corrected chi connectivity index (χ0v) is 21.4. The third kappa shape index (κ3) is 7.61. The number of carboxylic acids is 1. The van der Waals surface area contributed by atoms with Gasteiger partial charge < -0.3 is 15.3 Å². The Labute approximate surface area is 207 Å². The number of anilines is 1. The van der Waals surface area contributed by atoms with Crippen molar-refractivity contribution in [2.24, 2.45) is 7.05 Å². The molecular weight excluding hydrogens is 481 g/mol. The van der Waals surface area contributed by atoms with Gasteiger partial charge in [-0.25, -0.2) is 14.2 Å². The van der Waals surface area contributed by atoms with Crippen LogP contribution in [0.3, 0.4) is 0 Å². The third-order valence-corrected chi connectivity index (χ3v) is 6.31. The predicted octanol–water partition coefficient (Wildman–Crippen LogP) is 4.87. The van der Waals surface area contributed by atoms with Crippen molar-refractivity contribution in [2.75, 3.05) is 25.0 Å². The van der Waals surface area contributed by atoms with E-state index in [4.69, 9.17) is 16.7 Å². The SMILES string of the molecule is CCN(CC)CC.Cc1nc(Cc2cc(F)cc(Cl)c2)sc1NC(=O)c1cc(C(=O)O)nn1C. The number of nitrogens with zero attached hydrogens (tertiary/aromatic N) is 4. The fraction of sp³-hybridized carbons (Fsp3) is 0.391. The number of nitrogens with one attached hydrogen (secondary N) is 1. The van der Waals surface area contributed by atoms with Gasteiger partial charge in [0, 0.05) is 24.6 Å². The average molecular weight is 510 g/mol. The summed E-state index contributed by atoms with van der Waals surface area (Å²) < 4.78 is 14.7. The summed E-state index contributed by atoms with van der Waals surface area (Å²) in [6.45, 7) is 11.9. The van der Waals surface area contributed by atoms with E-state index in [0.717, 1.165) is 0 Å². The van der Waals surface area contributed by atoms with Crippen LogP contribution in [-0.4, -0.2) is 56.3 Å². The van der Waals surface area contributed by atoms with Crippen LogP contribution in [0.4, 0.5) is 9.39 Å². The standard InChI is InChI=1S/C17H14ClFN4O3S.C6H15N/c1-8-16(21-15(24)13-7-12(17(25)26)22-23(13)2)27-14(20-8)5-9-3-10(18)6-11(19)4-9;1-4-7(5-2)6-3/h3-4,6-7H,5H2,1-2H3,(H,21,24)(H,25,26);4-6H2,1-3H3. The number of benzene rings is 1. The molecule has 0 aliphatic carbocycles. The van der Waals surface area contributed by atoms with E-state index >= 15 is 0 Å². The molecule has 1 aromatic carbocycles. The molecule has 0 bridgehead atoms. The fourth-order valence-corrected chi connectivity index (χ4v) is 4.39. The highest BCUT2D eigenvalue weighted by atomic mass is 35.5. The molecule has 184 valence electrons. The molecule has 1 amide bonds. The van der Waals surface area contributed by atoms with Crippen molar-refractivity contribution in [2.45, 2.75) is 34.1 Å². The molecule has 11 heteroatoms. The topological polar surface area (TPSA) is 100 Å². The lowest BCUT2D eigenvalue weighted by molar-refractivity contribution is 0.0689. The Morgan fingerprint density at radius 2 is 1.82 bits per heavy atom. The highest BCUT2D eigenvalue weighted by Crippen LogP contribution is 2.27. The Morgan fingerprint density at radius 3 is 2.32 bits per heavy atom. The van der Waals surface area contributed by atoms with Crippen LogP contribution in [0, 0.1) is 12.7 Å². The molecule has 0 radical (unpaired) electrons. The van der Waals surface area contributed by atoms with Crippen LogP contribution >= 0.6 is 22.9 Å². The van der Waals surface area contributed by atoms with E-state index in [1.807, 2.05) is 0 Å². The summed E-state index contributed by atoms with van der Waals surface area (Å²) in [5, 5.41) is 17.0. The van der Waals surface area contributed by atoms with Gasteiger partial charge in [-0.2, -0.15) is 5.10 Å². The Morgan fingerprint density at radius 1 is 1.18 bits per heavy atom. The number of carbonyl (C=O) groups excluding carboxylic acids is 1. The Balaban J connectivity index is 0.000000509. The maximum Gasteiger partial charge on any atom is 0.356 e. The number of aromatic carboxylic acids is 1. The monoisotopic (exact) mass is 509 g/mol. The molecule has 34 heavy (non-hydrogen) atoms. The van der Waals surface area contributed by atoms with Crippen molar-refractivity contribution in [3.8, 4) is 0 Å². The van der Waals surface area contributed by atoms with E-state index in [2.05, 4.69) is 41.1 Å². The summed E-state index contributed by atoms with van der Waals surface area (Å²) in [5.41, 5.74) is 1.17. The minimum atomic E-state index is -1.21. The largest absolute Gasteiger partial charge is 0.476 e. The number of carboxylic acid groups (broad SMARTS) is 1. The number of amides is 1. The van der Waals surface area contributed by atoms with E-state index in [9.17, 15) is 14.0 Å². The summed E-state index contributed by atoms with van der Waals surface area (Å²) in [7, 11) is 1.49. The first kappa shape index (κ1) is 27.4. The molecule has 0 spiro atoms. The Bertz CT molecular complexity index is 1120. The lowest BCUT2D eigenvalue weighted by Gasteiger charge is -2.13. The zero-order valence-electron chi connectivity index (χ0n) is 19.9. The van der Waals surface area contributed by atoms with Gasteiger partial charge in [0.2, 0.25) is 0 Å². The molecule has 0 aliphatic heterocycles. The first-order chi connectivity index (χ1) is 16.1. The molecule has 3 aromatic rings.